The maximum atomic E-state index is 11.9. The topological polar surface area (TPSA) is 55.1 Å². The summed E-state index contributed by atoms with van der Waals surface area (Å²) in [7, 11) is 0. The van der Waals surface area contributed by atoms with E-state index in [0.29, 0.717) is 12.5 Å². The first-order valence-electron chi connectivity index (χ1n) is 7.27. The molecule has 1 amide bonds. The Morgan fingerprint density at radius 2 is 2.00 bits per heavy atom. The van der Waals surface area contributed by atoms with Crippen molar-refractivity contribution in [2.45, 2.75) is 65.3 Å². The Hall–Kier alpha value is -1.32. The summed E-state index contributed by atoms with van der Waals surface area (Å²) in [5, 5.41) is 7.06. The Balaban J connectivity index is 1.76. The molecule has 1 aromatic rings. The minimum absolute atomic E-state index is 0.152. The van der Waals surface area contributed by atoms with Gasteiger partial charge in [0.15, 0.2) is 0 Å². The molecule has 0 aliphatic heterocycles. The monoisotopic (exact) mass is 264 g/mol. The Labute approximate surface area is 114 Å². The lowest BCUT2D eigenvalue weighted by Gasteiger charge is -2.26. The molecule has 0 spiro atoms. The predicted molar refractivity (Wildman–Crippen MR) is 73.9 cm³/mol. The second kappa shape index (κ2) is 6.22. The van der Waals surface area contributed by atoms with Gasteiger partial charge in [0.2, 0.25) is 5.91 Å². The smallest absolute Gasteiger partial charge is 0.220 e. The van der Waals surface area contributed by atoms with Crippen LogP contribution in [0.15, 0.2) is 4.52 Å². The number of rotatable bonds is 4. The van der Waals surface area contributed by atoms with E-state index in [-0.39, 0.29) is 5.91 Å². The normalized spacial score (nSPS) is 23.3. The second-order valence-electron chi connectivity index (χ2n) is 5.83. The van der Waals surface area contributed by atoms with E-state index in [1.54, 1.807) is 0 Å². The summed E-state index contributed by atoms with van der Waals surface area (Å²) in [5.74, 6) is 1.80. The zero-order chi connectivity index (χ0) is 13.8. The van der Waals surface area contributed by atoms with E-state index in [2.05, 4.69) is 17.4 Å². The van der Waals surface area contributed by atoms with E-state index < -0.39 is 0 Å². The molecule has 19 heavy (non-hydrogen) atoms. The third kappa shape index (κ3) is 3.82. The second-order valence-corrected chi connectivity index (χ2v) is 5.83. The molecular formula is C15H24N2O2. The highest BCUT2D eigenvalue weighted by Gasteiger charge is 2.20. The first kappa shape index (κ1) is 14.1. The molecule has 4 heteroatoms. The third-order valence-electron chi connectivity index (χ3n) is 4.16. The highest BCUT2D eigenvalue weighted by atomic mass is 16.5. The summed E-state index contributed by atoms with van der Waals surface area (Å²) < 4.78 is 5.11. The zero-order valence-electron chi connectivity index (χ0n) is 12.2. The van der Waals surface area contributed by atoms with Gasteiger partial charge in [-0.2, -0.15) is 0 Å². The summed E-state index contributed by atoms with van der Waals surface area (Å²) >= 11 is 0. The highest BCUT2D eigenvalue weighted by molar-refractivity contribution is 5.76. The van der Waals surface area contributed by atoms with Gasteiger partial charge in [0, 0.05) is 18.0 Å². The Kier molecular flexibility index (Phi) is 4.61. The molecule has 1 N–H and O–H groups in total. The number of carbonyl (C=O) groups excluding carboxylic acids is 1. The molecule has 0 saturated heterocycles. The molecule has 1 aliphatic carbocycles. The predicted octanol–water partition coefficient (Wildman–Crippen LogP) is 2.92. The number of nitrogens with one attached hydrogen (secondary N) is 1. The van der Waals surface area contributed by atoms with Gasteiger partial charge in [-0.1, -0.05) is 12.1 Å². The van der Waals surface area contributed by atoms with Gasteiger partial charge in [-0.05, 0) is 51.9 Å². The number of nitrogens with zero attached hydrogens (tertiary/aromatic N) is 1. The molecule has 1 heterocycles. The Morgan fingerprint density at radius 3 is 2.58 bits per heavy atom. The maximum Gasteiger partial charge on any atom is 0.220 e. The zero-order valence-corrected chi connectivity index (χ0v) is 12.2. The molecule has 0 unspecified atom stereocenters. The van der Waals surface area contributed by atoms with E-state index >= 15 is 0 Å². The molecule has 1 fully saturated rings. The van der Waals surface area contributed by atoms with Crippen LogP contribution in [0.2, 0.25) is 0 Å². The van der Waals surface area contributed by atoms with Crippen molar-refractivity contribution in [2.75, 3.05) is 0 Å². The van der Waals surface area contributed by atoms with Crippen LogP contribution in [0.5, 0.6) is 0 Å². The van der Waals surface area contributed by atoms with Crippen LogP contribution in [0.3, 0.4) is 0 Å². The van der Waals surface area contributed by atoms with Gasteiger partial charge in [0.1, 0.15) is 5.76 Å². The SMILES string of the molecule is Cc1noc(C)c1CCC(=O)NC1CCC(C)CC1. The standard InChI is InChI=1S/C15H24N2O2/c1-10-4-6-13(7-5-10)16-15(18)9-8-14-11(2)17-19-12(14)3/h10,13H,4-9H2,1-3H3,(H,16,18). The van der Waals surface area contributed by atoms with Crippen molar-refractivity contribution in [1.82, 2.24) is 10.5 Å². The molecule has 0 radical (unpaired) electrons. The van der Waals surface area contributed by atoms with Crippen molar-refractivity contribution >= 4 is 5.91 Å². The molecule has 0 aromatic carbocycles. The van der Waals surface area contributed by atoms with Gasteiger partial charge in [-0.25, -0.2) is 0 Å². The van der Waals surface area contributed by atoms with Crippen molar-refractivity contribution in [3.05, 3.63) is 17.0 Å². The van der Waals surface area contributed by atoms with E-state index in [1.165, 1.54) is 12.8 Å². The molecule has 4 nitrogen and oxygen atoms in total. The van der Waals surface area contributed by atoms with E-state index in [9.17, 15) is 4.79 Å². The van der Waals surface area contributed by atoms with Gasteiger partial charge in [-0.3, -0.25) is 4.79 Å². The molecule has 1 aliphatic rings. The van der Waals surface area contributed by atoms with E-state index in [1.807, 2.05) is 13.8 Å². The van der Waals surface area contributed by atoms with Crippen molar-refractivity contribution in [2.24, 2.45) is 5.92 Å². The number of aromatic nitrogens is 1. The fraction of sp³-hybridized carbons (Fsp3) is 0.733. The molecule has 1 aromatic heterocycles. The first-order chi connectivity index (χ1) is 9.06. The minimum atomic E-state index is 0.152. The molecular weight excluding hydrogens is 240 g/mol. The van der Waals surface area contributed by atoms with E-state index in [4.69, 9.17) is 4.52 Å². The van der Waals surface area contributed by atoms with Crippen molar-refractivity contribution < 1.29 is 9.32 Å². The summed E-state index contributed by atoms with van der Waals surface area (Å²) in [5.41, 5.74) is 1.98. The van der Waals surface area contributed by atoms with Gasteiger partial charge >= 0.3 is 0 Å². The average molecular weight is 264 g/mol. The molecule has 0 atom stereocenters. The maximum absolute atomic E-state index is 11.9. The molecule has 0 bridgehead atoms. The highest BCUT2D eigenvalue weighted by Crippen LogP contribution is 2.23. The van der Waals surface area contributed by atoms with Gasteiger partial charge in [0.25, 0.3) is 0 Å². The van der Waals surface area contributed by atoms with Gasteiger partial charge in [0.05, 0.1) is 5.69 Å². The van der Waals surface area contributed by atoms with Crippen LogP contribution in [0.25, 0.3) is 0 Å². The quantitative estimate of drug-likeness (QED) is 0.909. The molecule has 106 valence electrons. The fourth-order valence-electron chi connectivity index (χ4n) is 2.80. The molecule has 2 rings (SSSR count). The van der Waals surface area contributed by atoms with Crippen LogP contribution in [-0.4, -0.2) is 17.1 Å². The van der Waals surface area contributed by atoms with Gasteiger partial charge < -0.3 is 9.84 Å². The Morgan fingerprint density at radius 1 is 1.32 bits per heavy atom. The minimum Gasteiger partial charge on any atom is -0.361 e. The van der Waals surface area contributed by atoms with Crippen molar-refractivity contribution in [1.29, 1.82) is 0 Å². The van der Waals surface area contributed by atoms with Crippen LogP contribution in [-0.2, 0) is 11.2 Å². The number of amides is 1. The van der Waals surface area contributed by atoms with Crippen LogP contribution >= 0.6 is 0 Å². The number of aryl methyl sites for hydroxylation is 2. The first-order valence-corrected chi connectivity index (χ1v) is 7.27. The van der Waals surface area contributed by atoms with E-state index in [0.717, 1.165) is 42.2 Å². The average Bonchev–Trinajstić information content (AvgIpc) is 2.70. The number of carbonyl (C=O) groups is 1. The van der Waals surface area contributed by atoms with Gasteiger partial charge in [-0.15, -0.1) is 0 Å². The van der Waals surface area contributed by atoms with Crippen LogP contribution in [0, 0.1) is 19.8 Å². The van der Waals surface area contributed by atoms with Crippen LogP contribution in [0.4, 0.5) is 0 Å². The number of hydrogen-bond donors (Lipinski definition) is 1. The summed E-state index contributed by atoms with van der Waals surface area (Å²) in [4.78, 5) is 11.9. The lowest BCUT2D eigenvalue weighted by Crippen LogP contribution is -2.37. The largest absolute Gasteiger partial charge is 0.361 e. The third-order valence-corrected chi connectivity index (χ3v) is 4.16. The van der Waals surface area contributed by atoms with Crippen molar-refractivity contribution in [3.63, 3.8) is 0 Å². The molecule has 1 saturated carbocycles. The lowest BCUT2D eigenvalue weighted by molar-refractivity contribution is -0.122. The Bertz CT molecular complexity index is 412. The lowest BCUT2D eigenvalue weighted by atomic mass is 9.87. The number of hydrogen-bond acceptors (Lipinski definition) is 3. The summed E-state index contributed by atoms with van der Waals surface area (Å²) in [6.45, 7) is 6.11. The summed E-state index contributed by atoms with van der Waals surface area (Å²) in [6, 6.07) is 0.383. The summed E-state index contributed by atoms with van der Waals surface area (Å²) in [6.07, 6.45) is 5.95. The van der Waals surface area contributed by atoms with Crippen LogP contribution in [0.1, 0.15) is 56.0 Å². The van der Waals surface area contributed by atoms with Crippen molar-refractivity contribution in [3.8, 4) is 0 Å². The fourth-order valence-corrected chi connectivity index (χ4v) is 2.80. The van der Waals surface area contributed by atoms with Crippen LogP contribution < -0.4 is 5.32 Å².